The van der Waals surface area contributed by atoms with Gasteiger partial charge in [0.2, 0.25) is 0 Å². The topological polar surface area (TPSA) is 37.3 Å². The quantitative estimate of drug-likeness (QED) is 0.623. The molecule has 0 saturated heterocycles. The lowest BCUT2D eigenvalue weighted by Crippen LogP contribution is -2.22. The number of Topliss-reactive ketones (excluding diaryl/α,β-unsaturated/α-hetero) is 1. The van der Waals surface area contributed by atoms with E-state index in [9.17, 15) is 9.90 Å². The second kappa shape index (κ2) is 7.91. The number of rotatable bonds is 6. The van der Waals surface area contributed by atoms with Gasteiger partial charge in [0, 0.05) is 5.56 Å². The van der Waals surface area contributed by atoms with Gasteiger partial charge >= 0.3 is 0 Å². The predicted molar refractivity (Wildman–Crippen MR) is 101 cm³/mol. The SMILES string of the molecule is CC[C@@H](C(=O)c1ccccc1)[C@H](O)c1ccc(-c2ccccc2)cc1. The minimum atomic E-state index is -0.803. The average molecular weight is 330 g/mol. The summed E-state index contributed by atoms with van der Waals surface area (Å²) in [5.41, 5.74) is 3.65. The van der Waals surface area contributed by atoms with E-state index in [0.717, 1.165) is 16.7 Å². The Bertz CT molecular complexity index is 808. The molecule has 2 nitrogen and oxygen atoms in total. The van der Waals surface area contributed by atoms with Crippen LogP contribution in [-0.2, 0) is 0 Å². The van der Waals surface area contributed by atoms with Gasteiger partial charge in [0.1, 0.15) is 0 Å². The highest BCUT2D eigenvalue weighted by Crippen LogP contribution is 2.29. The van der Waals surface area contributed by atoms with Crippen molar-refractivity contribution in [2.45, 2.75) is 19.4 Å². The lowest BCUT2D eigenvalue weighted by molar-refractivity contribution is 0.0667. The molecule has 0 aliphatic rings. The van der Waals surface area contributed by atoms with E-state index in [1.54, 1.807) is 12.1 Å². The predicted octanol–water partition coefficient (Wildman–Crippen LogP) is 5.30. The van der Waals surface area contributed by atoms with Crippen LogP contribution >= 0.6 is 0 Å². The third-order valence-corrected chi connectivity index (χ3v) is 4.58. The van der Waals surface area contributed by atoms with Gasteiger partial charge in [0.25, 0.3) is 0 Å². The molecule has 0 bridgehead atoms. The summed E-state index contributed by atoms with van der Waals surface area (Å²) in [6, 6.07) is 27.1. The van der Waals surface area contributed by atoms with E-state index in [2.05, 4.69) is 12.1 Å². The molecule has 0 aliphatic heterocycles. The van der Waals surface area contributed by atoms with Crippen molar-refractivity contribution in [2.75, 3.05) is 0 Å². The summed E-state index contributed by atoms with van der Waals surface area (Å²) in [5.74, 6) is -0.451. The lowest BCUT2D eigenvalue weighted by Gasteiger charge is -2.21. The van der Waals surface area contributed by atoms with E-state index in [0.29, 0.717) is 12.0 Å². The molecule has 3 aromatic carbocycles. The number of aliphatic hydroxyl groups excluding tert-OH is 1. The Balaban J connectivity index is 1.81. The molecular weight excluding hydrogens is 308 g/mol. The average Bonchev–Trinajstić information content (AvgIpc) is 2.70. The lowest BCUT2D eigenvalue weighted by atomic mass is 9.86. The summed E-state index contributed by atoms with van der Waals surface area (Å²) in [7, 11) is 0. The molecule has 126 valence electrons. The Morgan fingerprint density at radius 2 is 1.32 bits per heavy atom. The first-order chi connectivity index (χ1) is 12.2. The maximum absolute atomic E-state index is 12.7. The van der Waals surface area contributed by atoms with Gasteiger partial charge in [-0.15, -0.1) is 0 Å². The molecule has 0 aliphatic carbocycles. The number of carbonyl (C=O) groups excluding carboxylic acids is 1. The van der Waals surface area contributed by atoms with E-state index in [1.807, 2.05) is 67.6 Å². The zero-order valence-corrected chi connectivity index (χ0v) is 14.3. The fourth-order valence-electron chi connectivity index (χ4n) is 3.10. The number of hydrogen-bond acceptors (Lipinski definition) is 2. The van der Waals surface area contributed by atoms with E-state index in [4.69, 9.17) is 0 Å². The summed E-state index contributed by atoms with van der Waals surface area (Å²) in [5, 5.41) is 10.8. The second-order valence-corrected chi connectivity index (χ2v) is 6.18. The molecule has 0 unspecified atom stereocenters. The Morgan fingerprint density at radius 3 is 1.88 bits per heavy atom. The van der Waals surface area contributed by atoms with E-state index in [1.165, 1.54) is 0 Å². The van der Waals surface area contributed by atoms with Crippen LogP contribution in [0, 0.1) is 5.92 Å². The smallest absolute Gasteiger partial charge is 0.168 e. The maximum Gasteiger partial charge on any atom is 0.168 e. The first-order valence-corrected chi connectivity index (χ1v) is 8.63. The number of ketones is 1. The summed E-state index contributed by atoms with van der Waals surface area (Å²) >= 11 is 0. The highest BCUT2D eigenvalue weighted by atomic mass is 16.3. The van der Waals surface area contributed by atoms with Crippen LogP contribution in [0.5, 0.6) is 0 Å². The fraction of sp³-hybridized carbons (Fsp3) is 0.174. The van der Waals surface area contributed by atoms with Gasteiger partial charge in [-0.05, 0) is 23.1 Å². The van der Waals surface area contributed by atoms with Crippen LogP contribution in [0.1, 0.15) is 35.4 Å². The van der Waals surface area contributed by atoms with E-state index >= 15 is 0 Å². The fourth-order valence-corrected chi connectivity index (χ4v) is 3.10. The Labute approximate surface area is 148 Å². The Kier molecular flexibility index (Phi) is 5.42. The zero-order chi connectivity index (χ0) is 17.6. The van der Waals surface area contributed by atoms with Crippen LogP contribution in [0.2, 0.25) is 0 Å². The highest BCUT2D eigenvalue weighted by molar-refractivity contribution is 5.98. The molecule has 0 heterocycles. The van der Waals surface area contributed by atoms with Gasteiger partial charge in [-0.25, -0.2) is 0 Å². The van der Waals surface area contributed by atoms with Crippen LogP contribution in [0.15, 0.2) is 84.9 Å². The standard InChI is InChI=1S/C23H22O2/c1-2-21(22(24)19-11-7-4-8-12-19)23(25)20-15-13-18(14-16-20)17-9-5-3-6-10-17/h3-16,21,23,25H,2H2,1H3/t21-,23+/m0/s1. The van der Waals surface area contributed by atoms with E-state index < -0.39 is 12.0 Å². The summed E-state index contributed by atoms with van der Waals surface area (Å²) < 4.78 is 0. The van der Waals surface area contributed by atoms with Crippen LogP contribution in [0.4, 0.5) is 0 Å². The van der Waals surface area contributed by atoms with Crippen molar-refractivity contribution < 1.29 is 9.90 Å². The molecule has 0 spiro atoms. The molecule has 2 atom stereocenters. The molecule has 0 fully saturated rings. The molecule has 0 aromatic heterocycles. The molecule has 0 amide bonds. The number of aliphatic hydroxyl groups is 1. The third-order valence-electron chi connectivity index (χ3n) is 4.58. The highest BCUT2D eigenvalue weighted by Gasteiger charge is 2.27. The Morgan fingerprint density at radius 1 is 0.800 bits per heavy atom. The summed E-state index contributed by atoms with van der Waals surface area (Å²) in [4.78, 5) is 12.7. The van der Waals surface area contributed by atoms with Crippen molar-refractivity contribution in [3.63, 3.8) is 0 Å². The summed E-state index contributed by atoms with van der Waals surface area (Å²) in [6.07, 6.45) is -0.211. The largest absolute Gasteiger partial charge is 0.388 e. The maximum atomic E-state index is 12.7. The Hall–Kier alpha value is -2.71. The van der Waals surface area contributed by atoms with Gasteiger partial charge in [-0.2, -0.15) is 0 Å². The van der Waals surface area contributed by atoms with Gasteiger partial charge < -0.3 is 5.11 Å². The summed E-state index contributed by atoms with van der Waals surface area (Å²) in [6.45, 7) is 1.94. The molecule has 3 aromatic rings. The number of carbonyl (C=O) groups is 1. The first kappa shape index (κ1) is 17.1. The molecular formula is C23H22O2. The van der Waals surface area contributed by atoms with Gasteiger partial charge in [-0.3, -0.25) is 4.79 Å². The second-order valence-electron chi connectivity index (χ2n) is 6.18. The van der Waals surface area contributed by atoms with Crippen molar-refractivity contribution in [1.82, 2.24) is 0 Å². The van der Waals surface area contributed by atoms with Crippen molar-refractivity contribution in [1.29, 1.82) is 0 Å². The molecule has 0 radical (unpaired) electrons. The van der Waals surface area contributed by atoms with Crippen LogP contribution in [0.3, 0.4) is 0 Å². The van der Waals surface area contributed by atoms with Gasteiger partial charge in [-0.1, -0.05) is 91.9 Å². The minimum absolute atomic E-state index is 0.0114. The monoisotopic (exact) mass is 330 g/mol. The third kappa shape index (κ3) is 3.86. The first-order valence-electron chi connectivity index (χ1n) is 8.63. The van der Waals surface area contributed by atoms with Crippen LogP contribution in [-0.4, -0.2) is 10.9 Å². The normalized spacial score (nSPS) is 13.2. The minimum Gasteiger partial charge on any atom is -0.388 e. The molecule has 2 heteroatoms. The van der Waals surface area contributed by atoms with E-state index in [-0.39, 0.29) is 5.78 Å². The van der Waals surface area contributed by atoms with Gasteiger partial charge in [0.05, 0.1) is 12.0 Å². The zero-order valence-electron chi connectivity index (χ0n) is 14.3. The number of benzene rings is 3. The molecule has 3 rings (SSSR count). The van der Waals surface area contributed by atoms with Crippen molar-refractivity contribution in [3.8, 4) is 11.1 Å². The van der Waals surface area contributed by atoms with Crippen molar-refractivity contribution >= 4 is 5.78 Å². The molecule has 0 saturated carbocycles. The van der Waals surface area contributed by atoms with Crippen molar-refractivity contribution in [3.05, 3.63) is 96.1 Å². The molecule has 1 N–H and O–H groups in total. The van der Waals surface area contributed by atoms with Crippen LogP contribution < -0.4 is 0 Å². The molecule has 25 heavy (non-hydrogen) atoms. The van der Waals surface area contributed by atoms with Crippen LogP contribution in [0.25, 0.3) is 11.1 Å². The van der Waals surface area contributed by atoms with Crippen molar-refractivity contribution in [2.24, 2.45) is 5.92 Å². The van der Waals surface area contributed by atoms with Gasteiger partial charge in [0.15, 0.2) is 5.78 Å². The number of hydrogen-bond donors (Lipinski definition) is 1.